The van der Waals surface area contributed by atoms with Gasteiger partial charge in [-0.1, -0.05) is 30.3 Å². The highest BCUT2D eigenvalue weighted by atomic mass is 16.1. The average Bonchev–Trinajstić information content (AvgIpc) is 2.74. The van der Waals surface area contributed by atoms with E-state index in [4.69, 9.17) is 0 Å². The molecule has 1 fully saturated rings. The second kappa shape index (κ2) is 9.65. The minimum atomic E-state index is -0.255. The zero-order chi connectivity index (χ0) is 21.6. The topological polar surface area (TPSA) is 60.0 Å². The van der Waals surface area contributed by atoms with Gasteiger partial charge >= 0.3 is 0 Å². The number of carbonyl (C=O) groups excluding carboxylic acids is 1. The summed E-state index contributed by atoms with van der Waals surface area (Å²) in [5.41, 5.74) is 2.75. The van der Waals surface area contributed by atoms with Crippen LogP contribution in [0.5, 0.6) is 0 Å². The number of piperazine rings is 1. The minimum absolute atomic E-state index is 0.0502. The van der Waals surface area contributed by atoms with E-state index in [1.54, 1.807) is 0 Å². The van der Waals surface area contributed by atoms with Crippen LogP contribution in [-0.2, 0) is 6.54 Å². The molecule has 30 heavy (non-hydrogen) atoms. The fraction of sp³-hybridized carbons (Fsp3) is 0.417. The smallest absolute Gasteiger partial charge is 0.251 e. The quantitative estimate of drug-likeness (QED) is 0.604. The van der Waals surface area contributed by atoms with Gasteiger partial charge in [-0.15, -0.1) is 0 Å². The van der Waals surface area contributed by atoms with Crippen LogP contribution in [0.3, 0.4) is 0 Å². The lowest BCUT2D eigenvalue weighted by molar-refractivity contribution is 0.0919. The van der Waals surface area contributed by atoms with E-state index in [9.17, 15) is 4.79 Å². The van der Waals surface area contributed by atoms with Gasteiger partial charge in [-0.3, -0.25) is 9.79 Å². The first kappa shape index (κ1) is 21.7. The Hall–Kier alpha value is -3.02. The number of guanidine groups is 1. The van der Waals surface area contributed by atoms with Gasteiger partial charge in [0.2, 0.25) is 0 Å². The van der Waals surface area contributed by atoms with E-state index in [2.05, 4.69) is 49.7 Å². The molecule has 0 atom stereocenters. The number of nitrogens with zero attached hydrogens (tertiary/aromatic N) is 3. The molecule has 0 unspecified atom stereocenters. The molecule has 1 amide bonds. The number of anilines is 1. The Morgan fingerprint density at radius 3 is 2.33 bits per heavy atom. The molecule has 0 radical (unpaired) electrons. The second-order valence-corrected chi connectivity index (χ2v) is 8.61. The summed E-state index contributed by atoms with van der Waals surface area (Å²) < 4.78 is 0. The van der Waals surface area contributed by atoms with Crippen molar-refractivity contribution >= 4 is 17.6 Å². The van der Waals surface area contributed by atoms with E-state index in [1.807, 2.05) is 58.2 Å². The van der Waals surface area contributed by atoms with E-state index in [0.717, 1.165) is 37.7 Å². The monoisotopic (exact) mass is 407 g/mol. The van der Waals surface area contributed by atoms with E-state index in [1.165, 1.54) is 5.69 Å². The van der Waals surface area contributed by atoms with Crippen molar-refractivity contribution in [2.45, 2.75) is 32.9 Å². The van der Waals surface area contributed by atoms with Crippen molar-refractivity contribution in [1.82, 2.24) is 15.5 Å². The number of carbonyl (C=O) groups is 1. The van der Waals surface area contributed by atoms with Crippen LogP contribution >= 0.6 is 0 Å². The van der Waals surface area contributed by atoms with Crippen LogP contribution in [0, 0.1) is 0 Å². The van der Waals surface area contributed by atoms with Crippen LogP contribution in [0.25, 0.3) is 0 Å². The molecule has 0 aliphatic carbocycles. The summed E-state index contributed by atoms with van der Waals surface area (Å²) in [5.74, 6) is 0.845. The molecule has 0 spiro atoms. The first-order chi connectivity index (χ1) is 14.4. The molecule has 1 saturated heterocycles. The molecule has 2 aromatic carbocycles. The van der Waals surface area contributed by atoms with E-state index in [0.29, 0.717) is 12.1 Å². The maximum Gasteiger partial charge on any atom is 0.251 e. The zero-order valence-corrected chi connectivity index (χ0v) is 18.5. The third-order valence-corrected chi connectivity index (χ3v) is 5.04. The van der Waals surface area contributed by atoms with E-state index < -0.39 is 0 Å². The number of hydrogen-bond acceptors (Lipinski definition) is 3. The van der Waals surface area contributed by atoms with Crippen LogP contribution in [-0.4, -0.2) is 55.5 Å². The molecule has 3 rings (SSSR count). The Bertz CT molecular complexity index is 865. The van der Waals surface area contributed by atoms with Crippen molar-refractivity contribution < 1.29 is 4.79 Å². The fourth-order valence-corrected chi connectivity index (χ4v) is 3.56. The number of para-hydroxylation sites is 1. The van der Waals surface area contributed by atoms with Gasteiger partial charge in [0.15, 0.2) is 5.96 Å². The van der Waals surface area contributed by atoms with Crippen LogP contribution in [0.2, 0.25) is 0 Å². The lowest BCUT2D eigenvalue weighted by Gasteiger charge is -2.37. The van der Waals surface area contributed by atoms with Gasteiger partial charge in [-0.25, -0.2) is 0 Å². The van der Waals surface area contributed by atoms with Crippen LogP contribution < -0.4 is 15.5 Å². The van der Waals surface area contributed by atoms with Crippen LogP contribution in [0.15, 0.2) is 59.6 Å². The number of benzene rings is 2. The predicted octanol–water partition coefficient (Wildman–Crippen LogP) is 3.11. The summed E-state index contributed by atoms with van der Waals surface area (Å²) in [5, 5.41) is 6.46. The maximum atomic E-state index is 12.4. The predicted molar refractivity (Wildman–Crippen MR) is 124 cm³/mol. The molecule has 6 heteroatoms. The highest BCUT2D eigenvalue weighted by molar-refractivity contribution is 5.94. The van der Waals surface area contributed by atoms with E-state index >= 15 is 0 Å². The maximum absolute atomic E-state index is 12.4. The summed E-state index contributed by atoms with van der Waals surface area (Å²) in [6.07, 6.45) is 0. The minimum Gasteiger partial charge on any atom is -0.368 e. The van der Waals surface area contributed by atoms with Gasteiger partial charge in [0.25, 0.3) is 5.91 Å². The molecule has 1 aliphatic rings. The lowest BCUT2D eigenvalue weighted by atomic mass is 10.1. The molecule has 0 saturated carbocycles. The summed E-state index contributed by atoms with van der Waals surface area (Å²) in [7, 11) is 1.82. The Balaban J connectivity index is 1.55. The highest BCUT2D eigenvalue weighted by Gasteiger charge is 2.20. The third kappa shape index (κ3) is 5.99. The molecular weight excluding hydrogens is 374 g/mol. The Morgan fingerprint density at radius 1 is 1.00 bits per heavy atom. The molecule has 160 valence electrons. The average molecular weight is 408 g/mol. The molecule has 0 aromatic heterocycles. The summed E-state index contributed by atoms with van der Waals surface area (Å²) >= 11 is 0. The third-order valence-electron chi connectivity index (χ3n) is 5.04. The summed E-state index contributed by atoms with van der Waals surface area (Å²) in [6, 6.07) is 18.3. The molecule has 6 nitrogen and oxygen atoms in total. The Kier molecular flexibility index (Phi) is 6.98. The normalized spacial score (nSPS) is 15.1. The number of nitrogens with one attached hydrogen (secondary N) is 2. The van der Waals surface area contributed by atoms with Crippen molar-refractivity contribution in [3.05, 3.63) is 65.7 Å². The summed E-state index contributed by atoms with van der Waals surface area (Å²) in [6.45, 7) is 10.3. The molecule has 2 aromatic rings. The lowest BCUT2D eigenvalue weighted by Crippen LogP contribution is -2.52. The van der Waals surface area contributed by atoms with Crippen molar-refractivity contribution in [3.63, 3.8) is 0 Å². The van der Waals surface area contributed by atoms with Gasteiger partial charge in [0.05, 0.1) is 0 Å². The van der Waals surface area contributed by atoms with Crippen LogP contribution in [0.4, 0.5) is 5.69 Å². The van der Waals surface area contributed by atoms with Crippen molar-refractivity contribution in [1.29, 1.82) is 0 Å². The number of aliphatic imine (C=N–C) groups is 1. The molecule has 2 N–H and O–H groups in total. The molecule has 0 bridgehead atoms. The molecule has 1 aliphatic heterocycles. The van der Waals surface area contributed by atoms with Gasteiger partial charge in [0.1, 0.15) is 0 Å². The standard InChI is InChI=1S/C24H33N5O/c1-24(2,3)27-22(30)20-10-8-9-19(17-20)18-26-23(25-4)29-15-13-28(14-16-29)21-11-6-5-7-12-21/h5-12,17H,13-16,18H2,1-4H3,(H,25,26)(H,27,30). The number of rotatable bonds is 4. The summed E-state index contributed by atoms with van der Waals surface area (Å²) in [4.78, 5) is 21.6. The van der Waals surface area contributed by atoms with Crippen LogP contribution in [0.1, 0.15) is 36.7 Å². The second-order valence-electron chi connectivity index (χ2n) is 8.61. The van der Waals surface area contributed by atoms with Gasteiger partial charge in [-0.2, -0.15) is 0 Å². The largest absolute Gasteiger partial charge is 0.368 e. The number of amides is 1. The van der Waals surface area contributed by atoms with Gasteiger partial charge < -0.3 is 20.4 Å². The molecule has 1 heterocycles. The Morgan fingerprint density at radius 2 is 1.70 bits per heavy atom. The number of hydrogen-bond donors (Lipinski definition) is 2. The fourth-order valence-electron chi connectivity index (χ4n) is 3.56. The molecular formula is C24H33N5O. The van der Waals surface area contributed by atoms with Crippen molar-refractivity contribution in [3.8, 4) is 0 Å². The van der Waals surface area contributed by atoms with E-state index in [-0.39, 0.29) is 11.4 Å². The van der Waals surface area contributed by atoms with Gasteiger partial charge in [-0.05, 0) is 50.6 Å². The van der Waals surface area contributed by atoms with Crippen molar-refractivity contribution in [2.24, 2.45) is 4.99 Å². The SMILES string of the molecule is CN=C(NCc1cccc(C(=O)NC(C)(C)C)c1)N1CCN(c2ccccc2)CC1. The van der Waals surface area contributed by atoms with Crippen molar-refractivity contribution in [2.75, 3.05) is 38.1 Å². The Labute approximate surface area is 180 Å². The zero-order valence-electron chi connectivity index (χ0n) is 18.5. The van der Waals surface area contributed by atoms with Gasteiger partial charge in [0, 0.05) is 56.6 Å². The first-order valence-corrected chi connectivity index (χ1v) is 10.5. The first-order valence-electron chi connectivity index (χ1n) is 10.5. The highest BCUT2D eigenvalue weighted by Crippen LogP contribution is 2.15.